The zero-order valence-corrected chi connectivity index (χ0v) is 14.1. The maximum Gasteiger partial charge on any atom is 0.240 e. The van der Waals surface area contributed by atoms with Gasteiger partial charge in [0.15, 0.2) is 0 Å². The lowest BCUT2D eigenvalue weighted by Crippen LogP contribution is -2.42. The van der Waals surface area contributed by atoms with E-state index in [0.717, 1.165) is 6.42 Å². The van der Waals surface area contributed by atoms with Gasteiger partial charge in [-0.15, -0.1) is 0 Å². The van der Waals surface area contributed by atoms with Crippen molar-refractivity contribution >= 4 is 11.7 Å². The summed E-state index contributed by atoms with van der Waals surface area (Å²) in [5.74, 6) is 0.448. The Kier molecular flexibility index (Phi) is 5.14. The number of carbonyl (C=O) groups excluding carboxylic acids is 2. The molecular formula is C20H24N2O2. The maximum atomic E-state index is 12.6. The Morgan fingerprint density at radius 3 is 2.58 bits per heavy atom. The van der Waals surface area contributed by atoms with E-state index in [-0.39, 0.29) is 24.3 Å². The van der Waals surface area contributed by atoms with Crippen LogP contribution in [-0.2, 0) is 11.3 Å². The van der Waals surface area contributed by atoms with Gasteiger partial charge in [0.05, 0.1) is 5.69 Å². The Labute approximate surface area is 142 Å². The SMILES string of the molecule is C[C@@H]1CCCC[C@H]1NC(=O)Cn1cccc1C(=O)c1ccccc1. The van der Waals surface area contributed by atoms with Gasteiger partial charge in [-0.3, -0.25) is 9.59 Å². The van der Waals surface area contributed by atoms with Gasteiger partial charge < -0.3 is 9.88 Å². The second kappa shape index (κ2) is 7.47. The average Bonchev–Trinajstić information content (AvgIpc) is 3.05. The van der Waals surface area contributed by atoms with Crippen molar-refractivity contribution in [2.75, 3.05) is 0 Å². The Morgan fingerprint density at radius 2 is 1.83 bits per heavy atom. The topological polar surface area (TPSA) is 51.1 Å². The van der Waals surface area contributed by atoms with Gasteiger partial charge in [0.2, 0.25) is 11.7 Å². The summed E-state index contributed by atoms with van der Waals surface area (Å²) in [6.07, 6.45) is 6.44. The molecule has 1 aliphatic carbocycles. The molecule has 1 heterocycles. The molecule has 1 saturated carbocycles. The van der Waals surface area contributed by atoms with Crippen molar-refractivity contribution < 1.29 is 9.59 Å². The van der Waals surface area contributed by atoms with Gasteiger partial charge >= 0.3 is 0 Å². The second-order valence-electron chi connectivity index (χ2n) is 6.65. The first-order valence-electron chi connectivity index (χ1n) is 8.69. The molecule has 4 nitrogen and oxygen atoms in total. The molecule has 1 aromatic carbocycles. The zero-order valence-electron chi connectivity index (χ0n) is 14.1. The Morgan fingerprint density at radius 1 is 1.08 bits per heavy atom. The summed E-state index contributed by atoms with van der Waals surface area (Å²) in [6, 6.07) is 13.0. The molecule has 0 unspecified atom stereocenters. The Hall–Kier alpha value is -2.36. The molecule has 4 heteroatoms. The lowest BCUT2D eigenvalue weighted by atomic mass is 9.86. The maximum absolute atomic E-state index is 12.6. The number of amides is 1. The van der Waals surface area contributed by atoms with Crippen LogP contribution in [0.25, 0.3) is 0 Å². The standard InChI is InChI=1S/C20H24N2O2/c1-15-8-5-6-11-17(15)21-19(23)14-22-13-7-12-18(22)20(24)16-9-3-2-4-10-16/h2-4,7,9-10,12-13,15,17H,5-6,8,11,14H2,1H3,(H,21,23)/t15-,17-/m1/s1. The van der Waals surface area contributed by atoms with Gasteiger partial charge in [0, 0.05) is 17.8 Å². The number of ketones is 1. The number of benzene rings is 1. The third kappa shape index (κ3) is 3.75. The molecule has 0 aliphatic heterocycles. The fraction of sp³-hybridized carbons (Fsp3) is 0.400. The van der Waals surface area contributed by atoms with Gasteiger partial charge in [0.25, 0.3) is 0 Å². The quantitative estimate of drug-likeness (QED) is 0.857. The number of nitrogens with zero attached hydrogens (tertiary/aromatic N) is 1. The Balaban J connectivity index is 1.67. The smallest absolute Gasteiger partial charge is 0.240 e. The molecular weight excluding hydrogens is 300 g/mol. The van der Waals surface area contributed by atoms with Crippen molar-refractivity contribution in [3.63, 3.8) is 0 Å². The minimum atomic E-state index is -0.0561. The normalized spacial score (nSPS) is 20.5. The van der Waals surface area contributed by atoms with E-state index in [4.69, 9.17) is 0 Å². The van der Waals surface area contributed by atoms with Crippen molar-refractivity contribution in [1.82, 2.24) is 9.88 Å². The van der Waals surface area contributed by atoms with E-state index < -0.39 is 0 Å². The van der Waals surface area contributed by atoms with E-state index in [1.165, 1.54) is 19.3 Å². The van der Waals surface area contributed by atoms with E-state index in [2.05, 4.69) is 12.2 Å². The van der Waals surface area contributed by atoms with Crippen LogP contribution >= 0.6 is 0 Å². The Bertz CT molecular complexity index is 705. The van der Waals surface area contributed by atoms with Gasteiger partial charge in [-0.25, -0.2) is 0 Å². The van der Waals surface area contributed by atoms with Crippen molar-refractivity contribution in [2.45, 2.75) is 45.2 Å². The number of hydrogen-bond acceptors (Lipinski definition) is 2. The minimum Gasteiger partial charge on any atom is -0.352 e. The first-order valence-corrected chi connectivity index (χ1v) is 8.69. The van der Waals surface area contributed by atoms with Crippen molar-refractivity contribution in [3.8, 4) is 0 Å². The third-order valence-corrected chi connectivity index (χ3v) is 4.87. The van der Waals surface area contributed by atoms with Crippen molar-refractivity contribution in [1.29, 1.82) is 0 Å². The van der Waals surface area contributed by atoms with Crippen LogP contribution in [-0.4, -0.2) is 22.3 Å². The lowest BCUT2D eigenvalue weighted by Gasteiger charge is -2.29. The number of hydrogen-bond donors (Lipinski definition) is 1. The average molecular weight is 324 g/mol. The van der Waals surface area contributed by atoms with Crippen LogP contribution in [0.1, 0.15) is 48.7 Å². The second-order valence-corrected chi connectivity index (χ2v) is 6.65. The van der Waals surface area contributed by atoms with E-state index >= 15 is 0 Å². The fourth-order valence-corrected chi connectivity index (χ4v) is 3.43. The van der Waals surface area contributed by atoms with Crippen molar-refractivity contribution in [3.05, 3.63) is 59.9 Å². The van der Waals surface area contributed by atoms with Crippen molar-refractivity contribution in [2.24, 2.45) is 5.92 Å². The number of carbonyl (C=O) groups is 2. The van der Waals surface area contributed by atoms with E-state index in [1.54, 1.807) is 29.0 Å². The molecule has 1 N–H and O–H groups in total. The van der Waals surface area contributed by atoms with Crippen LogP contribution in [0.5, 0.6) is 0 Å². The summed E-state index contributed by atoms with van der Waals surface area (Å²) < 4.78 is 1.73. The summed E-state index contributed by atoms with van der Waals surface area (Å²) in [6.45, 7) is 2.38. The predicted octanol–water partition coefficient (Wildman–Crippen LogP) is 3.41. The van der Waals surface area contributed by atoms with Crippen LogP contribution in [0, 0.1) is 5.92 Å². The molecule has 126 valence electrons. The largest absolute Gasteiger partial charge is 0.352 e. The van der Waals surface area contributed by atoms with Gasteiger partial charge in [0.1, 0.15) is 6.54 Å². The molecule has 1 fully saturated rings. The molecule has 0 radical (unpaired) electrons. The van der Waals surface area contributed by atoms with E-state index in [9.17, 15) is 9.59 Å². The van der Waals surface area contributed by atoms with Crippen LogP contribution in [0.3, 0.4) is 0 Å². The van der Waals surface area contributed by atoms with E-state index in [0.29, 0.717) is 17.2 Å². The highest BCUT2D eigenvalue weighted by molar-refractivity contribution is 6.08. The molecule has 0 spiro atoms. The molecule has 24 heavy (non-hydrogen) atoms. The lowest BCUT2D eigenvalue weighted by molar-refractivity contribution is -0.122. The molecule has 0 bridgehead atoms. The highest BCUT2D eigenvalue weighted by Crippen LogP contribution is 2.23. The summed E-state index contributed by atoms with van der Waals surface area (Å²) in [5, 5.41) is 3.14. The number of aromatic nitrogens is 1. The number of nitrogens with one attached hydrogen (secondary N) is 1. The van der Waals surface area contributed by atoms with Crippen LogP contribution in [0.2, 0.25) is 0 Å². The van der Waals surface area contributed by atoms with Gasteiger partial charge in [-0.2, -0.15) is 0 Å². The van der Waals surface area contributed by atoms with Crippen LogP contribution in [0.4, 0.5) is 0 Å². The fourth-order valence-electron chi connectivity index (χ4n) is 3.43. The molecule has 1 aliphatic rings. The van der Waals surface area contributed by atoms with Gasteiger partial charge in [-0.1, -0.05) is 50.1 Å². The minimum absolute atomic E-state index is 0.0212. The molecule has 1 aromatic heterocycles. The summed E-state index contributed by atoms with van der Waals surface area (Å²) in [7, 11) is 0. The summed E-state index contributed by atoms with van der Waals surface area (Å²) in [5.41, 5.74) is 1.19. The summed E-state index contributed by atoms with van der Waals surface area (Å²) >= 11 is 0. The third-order valence-electron chi connectivity index (χ3n) is 4.87. The highest BCUT2D eigenvalue weighted by Gasteiger charge is 2.23. The molecule has 2 aromatic rings. The first kappa shape index (κ1) is 16.5. The van der Waals surface area contributed by atoms with Crippen LogP contribution < -0.4 is 5.32 Å². The predicted molar refractivity (Wildman–Crippen MR) is 93.9 cm³/mol. The first-order chi connectivity index (χ1) is 11.6. The van der Waals surface area contributed by atoms with E-state index in [1.807, 2.05) is 24.3 Å². The number of rotatable bonds is 5. The monoisotopic (exact) mass is 324 g/mol. The van der Waals surface area contributed by atoms with Gasteiger partial charge in [-0.05, 0) is 30.9 Å². The molecule has 3 rings (SSSR count). The molecule has 2 atom stereocenters. The zero-order chi connectivity index (χ0) is 16.9. The summed E-state index contributed by atoms with van der Waals surface area (Å²) in [4.78, 5) is 25.0. The molecule has 1 amide bonds. The van der Waals surface area contributed by atoms with Crippen LogP contribution in [0.15, 0.2) is 48.7 Å². The highest BCUT2D eigenvalue weighted by atomic mass is 16.2. The molecule has 0 saturated heterocycles.